The minimum Gasteiger partial charge on any atom is -0.491 e. The molecule has 9 heteroatoms. The molecule has 0 saturated heterocycles. The molecule has 1 atom stereocenters. The number of amides is 1. The molecule has 0 spiro atoms. The highest BCUT2D eigenvalue weighted by molar-refractivity contribution is 7.89. The number of hydrogen-bond donors (Lipinski definition) is 3. The Bertz CT molecular complexity index is 1210. The number of rotatable bonds is 9. The topological polar surface area (TPSA) is 96.5 Å². The van der Waals surface area contributed by atoms with E-state index < -0.39 is 10.0 Å². The number of hydrogen-bond acceptors (Lipinski definition) is 5. The van der Waals surface area contributed by atoms with E-state index in [1.807, 2.05) is 44.2 Å². The summed E-state index contributed by atoms with van der Waals surface area (Å²) in [5.41, 5.74) is 1.85. The second-order valence-corrected chi connectivity index (χ2v) is 9.78. The average Bonchev–Trinajstić information content (AvgIpc) is 2.84. The molecule has 3 N–H and O–H groups in total. The lowest BCUT2D eigenvalue weighted by Gasteiger charge is -2.13. The summed E-state index contributed by atoms with van der Waals surface area (Å²) in [6.07, 6.45) is 0.983. The van der Waals surface area contributed by atoms with E-state index in [4.69, 9.17) is 17.0 Å². The van der Waals surface area contributed by atoms with E-state index >= 15 is 0 Å². The first-order chi connectivity index (χ1) is 16.3. The first-order valence-corrected chi connectivity index (χ1v) is 12.7. The van der Waals surface area contributed by atoms with Crippen molar-refractivity contribution in [2.45, 2.75) is 37.8 Å². The van der Waals surface area contributed by atoms with Gasteiger partial charge < -0.3 is 10.1 Å². The maximum absolute atomic E-state index is 12.5. The van der Waals surface area contributed by atoms with Crippen molar-refractivity contribution in [3.8, 4) is 5.75 Å². The van der Waals surface area contributed by atoms with E-state index in [-0.39, 0.29) is 28.6 Å². The molecule has 1 unspecified atom stereocenters. The number of carbonyl (C=O) groups is 1. The minimum absolute atomic E-state index is 0.0949. The molecular formula is C25H27N3O4S2. The van der Waals surface area contributed by atoms with Crippen LogP contribution in [-0.4, -0.2) is 25.5 Å². The zero-order valence-electron chi connectivity index (χ0n) is 18.9. The van der Waals surface area contributed by atoms with Crippen molar-refractivity contribution in [1.29, 1.82) is 0 Å². The Morgan fingerprint density at radius 1 is 0.971 bits per heavy atom. The number of carbonyl (C=O) groups excluding carboxylic acids is 1. The van der Waals surface area contributed by atoms with Crippen LogP contribution in [0.1, 0.15) is 36.2 Å². The maximum Gasteiger partial charge on any atom is 0.257 e. The van der Waals surface area contributed by atoms with Gasteiger partial charge in [-0.25, -0.2) is 13.1 Å². The number of ether oxygens (including phenoxy) is 1. The molecule has 0 radical (unpaired) electrons. The highest BCUT2D eigenvalue weighted by Gasteiger charge is 2.14. The molecule has 0 heterocycles. The number of benzene rings is 3. The minimum atomic E-state index is -3.66. The SMILES string of the molecule is CCC(C)Oc1ccc(C(=O)NC(=S)Nc2ccc(S(=O)(=O)NCc3ccccc3)cc2)cc1. The molecule has 0 bridgehead atoms. The van der Waals surface area contributed by atoms with Crippen molar-refractivity contribution in [3.05, 3.63) is 90.0 Å². The zero-order valence-corrected chi connectivity index (χ0v) is 20.6. The van der Waals surface area contributed by atoms with Crippen LogP contribution >= 0.6 is 12.2 Å². The third-order valence-electron chi connectivity index (χ3n) is 4.99. The van der Waals surface area contributed by atoms with Crippen molar-refractivity contribution >= 4 is 38.9 Å². The van der Waals surface area contributed by atoms with Crippen molar-refractivity contribution in [2.24, 2.45) is 0 Å². The summed E-state index contributed by atoms with van der Waals surface area (Å²) in [7, 11) is -3.66. The lowest BCUT2D eigenvalue weighted by Crippen LogP contribution is -2.34. The highest BCUT2D eigenvalue weighted by atomic mass is 32.2. The Labute approximate surface area is 205 Å². The van der Waals surface area contributed by atoms with Gasteiger partial charge in [0.1, 0.15) is 5.75 Å². The van der Waals surface area contributed by atoms with Gasteiger partial charge >= 0.3 is 0 Å². The van der Waals surface area contributed by atoms with Crippen LogP contribution in [0.2, 0.25) is 0 Å². The van der Waals surface area contributed by atoms with Crippen molar-refractivity contribution in [3.63, 3.8) is 0 Å². The third kappa shape index (κ3) is 7.38. The average molecular weight is 498 g/mol. The van der Waals surface area contributed by atoms with Crippen LogP contribution in [0.25, 0.3) is 0 Å². The third-order valence-corrected chi connectivity index (χ3v) is 6.61. The molecule has 3 aromatic carbocycles. The molecule has 0 saturated carbocycles. The lowest BCUT2D eigenvalue weighted by molar-refractivity contribution is 0.0977. The monoisotopic (exact) mass is 497 g/mol. The Morgan fingerprint density at radius 2 is 1.62 bits per heavy atom. The normalized spacial score (nSPS) is 11.9. The van der Waals surface area contributed by atoms with Crippen LogP contribution in [0.4, 0.5) is 5.69 Å². The van der Waals surface area contributed by atoms with Crippen LogP contribution in [0.3, 0.4) is 0 Å². The molecular weight excluding hydrogens is 470 g/mol. The fourth-order valence-electron chi connectivity index (χ4n) is 2.91. The molecule has 3 aromatic rings. The summed E-state index contributed by atoms with van der Waals surface area (Å²) in [6.45, 7) is 4.22. The van der Waals surface area contributed by atoms with Gasteiger partial charge in [-0.1, -0.05) is 37.3 Å². The van der Waals surface area contributed by atoms with E-state index in [1.54, 1.807) is 36.4 Å². The van der Waals surface area contributed by atoms with Crippen molar-refractivity contribution < 1.29 is 17.9 Å². The summed E-state index contributed by atoms with van der Waals surface area (Å²) < 4.78 is 33.3. The van der Waals surface area contributed by atoms with Crippen molar-refractivity contribution in [2.75, 3.05) is 5.32 Å². The van der Waals surface area contributed by atoms with Gasteiger partial charge in [0.2, 0.25) is 10.0 Å². The van der Waals surface area contributed by atoms with E-state index in [1.165, 1.54) is 12.1 Å². The largest absolute Gasteiger partial charge is 0.491 e. The fraction of sp³-hybridized carbons (Fsp3) is 0.200. The number of nitrogens with one attached hydrogen (secondary N) is 3. The van der Waals surface area contributed by atoms with E-state index in [9.17, 15) is 13.2 Å². The second kappa shape index (κ2) is 11.7. The summed E-state index contributed by atoms with van der Waals surface area (Å²) in [6, 6.07) is 22.2. The molecule has 7 nitrogen and oxygen atoms in total. The van der Waals surface area contributed by atoms with Crippen LogP contribution in [-0.2, 0) is 16.6 Å². The van der Waals surface area contributed by atoms with Gasteiger partial charge in [0.25, 0.3) is 5.91 Å². The predicted octanol–water partition coefficient (Wildman–Crippen LogP) is 4.47. The summed E-state index contributed by atoms with van der Waals surface area (Å²) in [5.74, 6) is 0.330. The predicted molar refractivity (Wildman–Crippen MR) is 137 cm³/mol. The van der Waals surface area contributed by atoms with Crippen LogP contribution < -0.4 is 20.1 Å². The zero-order chi connectivity index (χ0) is 24.6. The molecule has 1 amide bonds. The smallest absolute Gasteiger partial charge is 0.257 e. The van der Waals surface area contributed by atoms with Crippen LogP contribution in [0.5, 0.6) is 5.75 Å². The molecule has 0 aliphatic carbocycles. The molecule has 178 valence electrons. The fourth-order valence-corrected chi connectivity index (χ4v) is 4.14. The first-order valence-electron chi connectivity index (χ1n) is 10.8. The highest BCUT2D eigenvalue weighted by Crippen LogP contribution is 2.16. The maximum atomic E-state index is 12.5. The molecule has 0 aliphatic heterocycles. The summed E-state index contributed by atoms with van der Waals surface area (Å²) >= 11 is 5.21. The van der Waals surface area contributed by atoms with Gasteiger partial charge in [0, 0.05) is 17.8 Å². The standard InChI is InChI=1S/C25H27N3O4S2/c1-3-18(2)32-22-13-9-20(10-14-22)24(29)28-25(33)27-21-11-15-23(16-12-21)34(30,31)26-17-19-7-5-4-6-8-19/h4-16,18,26H,3,17H2,1-2H3,(H2,27,28,29,33). The molecule has 0 fully saturated rings. The number of anilines is 1. The quantitative estimate of drug-likeness (QED) is 0.378. The van der Waals surface area contributed by atoms with Crippen molar-refractivity contribution in [1.82, 2.24) is 10.0 Å². The Hall–Kier alpha value is -3.27. The van der Waals surface area contributed by atoms with Crippen LogP contribution in [0, 0.1) is 0 Å². The van der Waals surface area contributed by atoms with E-state index in [0.717, 1.165) is 12.0 Å². The van der Waals surface area contributed by atoms with Gasteiger partial charge in [-0.2, -0.15) is 0 Å². The lowest BCUT2D eigenvalue weighted by atomic mass is 10.2. The van der Waals surface area contributed by atoms with Gasteiger partial charge in [0.15, 0.2) is 5.11 Å². The molecule has 3 rings (SSSR count). The summed E-state index contributed by atoms with van der Waals surface area (Å²) in [5, 5.41) is 5.59. The van der Waals surface area contributed by atoms with E-state index in [2.05, 4.69) is 15.4 Å². The van der Waals surface area contributed by atoms with Gasteiger partial charge in [-0.3, -0.25) is 10.1 Å². The number of sulfonamides is 1. The molecule has 34 heavy (non-hydrogen) atoms. The summed E-state index contributed by atoms with van der Waals surface area (Å²) in [4.78, 5) is 12.6. The number of thiocarbonyl (C=S) groups is 1. The molecule has 0 aromatic heterocycles. The Balaban J connectivity index is 1.53. The first kappa shape index (κ1) is 25.4. The Kier molecular flexibility index (Phi) is 8.75. The van der Waals surface area contributed by atoms with Gasteiger partial charge in [-0.05, 0) is 79.7 Å². The van der Waals surface area contributed by atoms with Gasteiger partial charge in [0.05, 0.1) is 11.0 Å². The van der Waals surface area contributed by atoms with Gasteiger partial charge in [-0.15, -0.1) is 0 Å². The Morgan fingerprint density at radius 3 is 2.24 bits per heavy atom. The second-order valence-electron chi connectivity index (χ2n) is 7.60. The molecule has 0 aliphatic rings. The van der Waals surface area contributed by atoms with E-state index in [0.29, 0.717) is 17.0 Å². The van der Waals surface area contributed by atoms with Crippen LogP contribution in [0.15, 0.2) is 83.8 Å².